The number of piperazine rings is 1. The number of hydrogen-bond donors (Lipinski definition) is 2. The van der Waals surface area contributed by atoms with Crippen molar-refractivity contribution in [1.29, 1.82) is 0 Å². The first kappa shape index (κ1) is 23.0. The lowest BCUT2D eigenvalue weighted by molar-refractivity contribution is -0.892. The molecule has 9 heteroatoms. The summed E-state index contributed by atoms with van der Waals surface area (Å²) in [5.74, 6) is -0.339. The number of nitrogens with zero attached hydrogens (tertiary/aromatic N) is 2. The molecule has 1 heterocycles. The van der Waals surface area contributed by atoms with E-state index >= 15 is 0 Å². The Bertz CT molecular complexity index is 723. The predicted molar refractivity (Wildman–Crippen MR) is 105 cm³/mol. The van der Waals surface area contributed by atoms with Crippen LogP contribution in [0.15, 0.2) is 24.3 Å². The molecule has 1 aromatic carbocycles. The molecular formula is C20H30F3N4O2+. The number of rotatable bonds is 5. The fraction of sp³-hybridized carbons (Fsp3) is 0.600. The van der Waals surface area contributed by atoms with Gasteiger partial charge < -0.3 is 20.0 Å². The number of hydrogen-bond acceptors (Lipinski definition) is 3. The van der Waals surface area contributed by atoms with E-state index in [0.29, 0.717) is 31.9 Å². The Morgan fingerprint density at radius 2 is 1.79 bits per heavy atom. The minimum absolute atomic E-state index is 0.000255. The quantitative estimate of drug-likeness (QED) is 0.748. The lowest BCUT2D eigenvalue weighted by Gasteiger charge is -2.34. The molecule has 0 aliphatic carbocycles. The SMILES string of the molecule is CN(CC(=O)NC(C)(C)C)C(=O)C[NH+]1CCN(c2cccc(C(F)(F)F)c2)CC1. The third-order valence-electron chi connectivity index (χ3n) is 4.73. The number of anilines is 1. The van der Waals surface area contributed by atoms with Crippen LogP contribution in [0.25, 0.3) is 0 Å². The molecule has 2 rings (SSSR count). The van der Waals surface area contributed by atoms with Gasteiger partial charge in [0.15, 0.2) is 6.54 Å². The Labute approximate surface area is 169 Å². The number of halogens is 3. The average molecular weight is 415 g/mol. The lowest BCUT2D eigenvalue weighted by Crippen LogP contribution is -3.15. The summed E-state index contributed by atoms with van der Waals surface area (Å²) < 4.78 is 38.7. The Balaban J connectivity index is 1.84. The molecule has 0 unspecified atom stereocenters. The molecule has 0 bridgehead atoms. The van der Waals surface area contributed by atoms with Crippen molar-refractivity contribution in [2.24, 2.45) is 0 Å². The van der Waals surface area contributed by atoms with Crippen molar-refractivity contribution in [1.82, 2.24) is 10.2 Å². The number of amides is 2. The maximum atomic E-state index is 12.9. The summed E-state index contributed by atoms with van der Waals surface area (Å²) in [5, 5.41) is 2.82. The van der Waals surface area contributed by atoms with Crippen LogP contribution in [0.1, 0.15) is 26.3 Å². The van der Waals surface area contributed by atoms with Crippen LogP contribution in [-0.2, 0) is 15.8 Å². The fourth-order valence-electron chi connectivity index (χ4n) is 3.25. The molecule has 0 spiro atoms. The number of alkyl halides is 3. The van der Waals surface area contributed by atoms with Gasteiger partial charge in [-0.25, -0.2) is 0 Å². The summed E-state index contributed by atoms with van der Waals surface area (Å²) in [6.07, 6.45) is -4.36. The van der Waals surface area contributed by atoms with Crippen LogP contribution in [0.5, 0.6) is 0 Å². The minimum Gasteiger partial charge on any atom is -0.360 e. The molecule has 1 aromatic rings. The lowest BCUT2D eigenvalue weighted by atomic mass is 10.1. The van der Waals surface area contributed by atoms with Gasteiger partial charge in [-0.15, -0.1) is 0 Å². The molecule has 2 N–H and O–H groups in total. The summed E-state index contributed by atoms with van der Waals surface area (Å²) in [5.41, 5.74) is -0.470. The first-order chi connectivity index (χ1) is 13.3. The first-order valence-electron chi connectivity index (χ1n) is 9.66. The molecule has 0 saturated carbocycles. The van der Waals surface area contributed by atoms with E-state index in [4.69, 9.17) is 0 Å². The standard InChI is InChI=1S/C20H29F3N4O2/c1-19(2,3)24-17(28)13-25(4)18(29)14-26-8-10-27(11-9-26)16-7-5-6-15(12-16)20(21,22)23/h5-7,12H,8-11,13-14H2,1-4H3,(H,24,28)/p+1. The Hall–Kier alpha value is -2.29. The van der Waals surface area contributed by atoms with Crippen LogP contribution < -0.4 is 15.1 Å². The molecule has 1 fully saturated rings. The maximum Gasteiger partial charge on any atom is 0.416 e. The second-order valence-electron chi connectivity index (χ2n) is 8.51. The second-order valence-corrected chi connectivity index (χ2v) is 8.51. The number of nitrogens with one attached hydrogen (secondary N) is 2. The number of carbonyl (C=O) groups is 2. The summed E-state index contributed by atoms with van der Waals surface area (Å²) in [4.78, 5) is 28.7. The molecule has 0 atom stereocenters. The van der Waals surface area contributed by atoms with E-state index in [1.807, 2.05) is 25.7 Å². The van der Waals surface area contributed by atoms with Crippen LogP contribution in [0.2, 0.25) is 0 Å². The highest BCUT2D eigenvalue weighted by Gasteiger charge is 2.31. The molecule has 1 aliphatic heterocycles. The molecule has 162 valence electrons. The second kappa shape index (κ2) is 9.02. The minimum atomic E-state index is -4.36. The van der Waals surface area contributed by atoms with Crippen molar-refractivity contribution in [3.8, 4) is 0 Å². The zero-order valence-electron chi connectivity index (χ0n) is 17.4. The van der Waals surface area contributed by atoms with Gasteiger partial charge in [0.2, 0.25) is 5.91 Å². The third-order valence-corrected chi connectivity index (χ3v) is 4.73. The van der Waals surface area contributed by atoms with Crippen molar-refractivity contribution in [2.75, 3.05) is 51.2 Å². The average Bonchev–Trinajstić information content (AvgIpc) is 2.60. The molecule has 1 saturated heterocycles. The topological polar surface area (TPSA) is 57.1 Å². The van der Waals surface area contributed by atoms with Gasteiger partial charge in [0.05, 0.1) is 38.3 Å². The van der Waals surface area contributed by atoms with E-state index in [1.54, 1.807) is 13.1 Å². The maximum absolute atomic E-state index is 12.9. The van der Waals surface area contributed by atoms with E-state index in [-0.39, 0.29) is 30.4 Å². The van der Waals surface area contributed by atoms with Crippen molar-refractivity contribution in [3.05, 3.63) is 29.8 Å². The van der Waals surface area contributed by atoms with Crippen molar-refractivity contribution < 1.29 is 27.7 Å². The van der Waals surface area contributed by atoms with Gasteiger partial charge in [-0.05, 0) is 39.0 Å². The highest BCUT2D eigenvalue weighted by Crippen LogP contribution is 2.31. The van der Waals surface area contributed by atoms with Gasteiger partial charge in [0.1, 0.15) is 0 Å². The van der Waals surface area contributed by atoms with Crippen LogP contribution in [0.3, 0.4) is 0 Å². The zero-order valence-corrected chi connectivity index (χ0v) is 17.4. The molecule has 0 radical (unpaired) electrons. The summed E-state index contributed by atoms with van der Waals surface area (Å²) in [6, 6.07) is 5.32. The predicted octanol–water partition coefficient (Wildman–Crippen LogP) is 0.783. The van der Waals surface area contributed by atoms with E-state index in [9.17, 15) is 22.8 Å². The molecule has 2 amide bonds. The monoisotopic (exact) mass is 415 g/mol. The van der Waals surface area contributed by atoms with Crippen LogP contribution in [0.4, 0.5) is 18.9 Å². The van der Waals surface area contributed by atoms with Crippen LogP contribution in [0, 0.1) is 0 Å². The van der Waals surface area contributed by atoms with E-state index < -0.39 is 11.7 Å². The number of benzene rings is 1. The summed E-state index contributed by atoms with van der Waals surface area (Å²) >= 11 is 0. The molecular weight excluding hydrogens is 385 g/mol. The highest BCUT2D eigenvalue weighted by molar-refractivity contribution is 5.85. The number of quaternary nitrogens is 1. The Morgan fingerprint density at radius 1 is 1.17 bits per heavy atom. The first-order valence-corrected chi connectivity index (χ1v) is 9.66. The van der Waals surface area contributed by atoms with Crippen LogP contribution in [-0.4, -0.2) is 68.6 Å². The molecule has 0 aromatic heterocycles. The van der Waals surface area contributed by atoms with Gasteiger partial charge in [-0.2, -0.15) is 13.2 Å². The van der Waals surface area contributed by atoms with Gasteiger partial charge in [0.25, 0.3) is 5.91 Å². The number of carbonyl (C=O) groups excluding carboxylic acids is 2. The van der Waals surface area contributed by atoms with Crippen molar-refractivity contribution in [2.45, 2.75) is 32.5 Å². The van der Waals surface area contributed by atoms with Gasteiger partial charge >= 0.3 is 6.18 Å². The third kappa shape index (κ3) is 7.23. The fourth-order valence-corrected chi connectivity index (χ4v) is 3.25. The highest BCUT2D eigenvalue weighted by atomic mass is 19.4. The Kier molecular flexibility index (Phi) is 7.15. The van der Waals surface area contributed by atoms with E-state index in [1.165, 1.54) is 11.0 Å². The molecule has 1 aliphatic rings. The smallest absolute Gasteiger partial charge is 0.360 e. The molecule has 29 heavy (non-hydrogen) atoms. The zero-order chi connectivity index (χ0) is 21.8. The normalized spacial score (nSPS) is 15.9. The van der Waals surface area contributed by atoms with Gasteiger partial charge in [-0.3, -0.25) is 9.59 Å². The van der Waals surface area contributed by atoms with Crippen LogP contribution >= 0.6 is 0 Å². The van der Waals surface area contributed by atoms with Gasteiger partial charge in [-0.1, -0.05) is 6.07 Å². The summed E-state index contributed by atoms with van der Waals surface area (Å²) in [6.45, 7) is 8.31. The summed E-state index contributed by atoms with van der Waals surface area (Å²) in [7, 11) is 1.60. The van der Waals surface area contributed by atoms with Crippen molar-refractivity contribution in [3.63, 3.8) is 0 Å². The Morgan fingerprint density at radius 3 is 2.34 bits per heavy atom. The largest absolute Gasteiger partial charge is 0.416 e. The number of likely N-dealkylation sites (N-methyl/N-ethyl adjacent to an activating group) is 1. The van der Waals surface area contributed by atoms with Crippen molar-refractivity contribution >= 4 is 17.5 Å². The van der Waals surface area contributed by atoms with E-state index in [0.717, 1.165) is 17.0 Å². The van der Waals surface area contributed by atoms with Gasteiger partial charge in [0, 0.05) is 18.3 Å². The molecule has 6 nitrogen and oxygen atoms in total. The van der Waals surface area contributed by atoms with E-state index in [2.05, 4.69) is 5.32 Å².